The lowest BCUT2D eigenvalue weighted by Crippen LogP contribution is -2.29. The number of aromatic nitrogens is 1. The monoisotopic (exact) mass is 589 g/mol. The molecule has 0 saturated carbocycles. The summed E-state index contributed by atoms with van der Waals surface area (Å²) in [6.07, 6.45) is 1.70. The van der Waals surface area contributed by atoms with Gasteiger partial charge in [0, 0.05) is 25.1 Å². The van der Waals surface area contributed by atoms with Crippen molar-refractivity contribution in [1.29, 1.82) is 0 Å². The van der Waals surface area contributed by atoms with Crippen LogP contribution in [0, 0.1) is 10.1 Å². The number of nitrogens with one attached hydrogen (secondary N) is 2. The molecule has 1 amide bonds. The Morgan fingerprint density at radius 1 is 1.10 bits per heavy atom. The van der Waals surface area contributed by atoms with Crippen molar-refractivity contribution in [3.63, 3.8) is 0 Å². The molecule has 12 nitrogen and oxygen atoms in total. The summed E-state index contributed by atoms with van der Waals surface area (Å²) in [5, 5.41) is 17.9. The number of nitro benzene ring substituents is 1. The molecule has 0 radical (unpaired) electrons. The van der Waals surface area contributed by atoms with Crippen molar-refractivity contribution in [3.05, 3.63) is 94.5 Å². The van der Waals surface area contributed by atoms with Crippen LogP contribution in [0.15, 0.2) is 77.3 Å². The number of nitro groups is 1. The summed E-state index contributed by atoms with van der Waals surface area (Å²) in [4.78, 5) is 29.6. The average Bonchev–Trinajstić information content (AvgIpc) is 3.62. The van der Waals surface area contributed by atoms with Gasteiger partial charge >= 0.3 is 0 Å². The fourth-order valence-corrected chi connectivity index (χ4v) is 5.18. The van der Waals surface area contributed by atoms with Gasteiger partial charge in [-0.15, -0.1) is 0 Å². The van der Waals surface area contributed by atoms with Gasteiger partial charge in [0.05, 0.1) is 48.2 Å². The van der Waals surface area contributed by atoms with Crippen LogP contribution in [0.2, 0.25) is 0 Å². The fraction of sp³-hybridized carbons (Fsp3) is 0.207. The van der Waals surface area contributed by atoms with E-state index in [4.69, 9.17) is 30.8 Å². The molecule has 42 heavy (non-hydrogen) atoms. The van der Waals surface area contributed by atoms with Crippen LogP contribution in [0.5, 0.6) is 11.5 Å². The third kappa shape index (κ3) is 5.60. The van der Waals surface area contributed by atoms with Crippen molar-refractivity contribution < 1.29 is 28.3 Å². The SMILES string of the molecule is COCC(=O)Nc1cc(N2C(=S)NC(c3ccccn3)C2c2ccc(-c3ccc([N+](=O)[O-])cc3OC)o2)ccc1OC. The van der Waals surface area contributed by atoms with Gasteiger partial charge in [0.2, 0.25) is 5.91 Å². The van der Waals surface area contributed by atoms with Crippen LogP contribution in [0.1, 0.15) is 23.5 Å². The Morgan fingerprint density at radius 2 is 1.90 bits per heavy atom. The summed E-state index contributed by atoms with van der Waals surface area (Å²) in [5.41, 5.74) is 2.30. The first-order chi connectivity index (χ1) is 20.3. The molecule has 2 aromatic heterocycles. The number of amides is 1. The molecular weight excluding hydrogens is 562 g/mol. The zero-order valence-corrected chi connectivity index (χ0v) is 23.7. The third-order valence-electron chi connectivity index (χ3n) is 6.69. The van der Waals surface area contributed by atoms with Crippen LogP contribution >= 0.6 is 12.2 Å². The molecule has 2 atom stereocenters. The van der Waals surface area contributed by atoms with Crippen molar-refractivity contribution in [2.75, 3.05) is 38.2 Å². The first kappa shape index (κ1) is 28.5. The zero-order chi connectivity index (χ0) is 29.8. The number of pyridine rings is 1. The number of ether oxygens (including phenoxy) is 3. The van der Waals surface area contributed by atoms with Crippen molar-refractivity contribution in [1.82, 2.24) is 10.3 Å². The van der Waals surface area contributed by atoms with Gasteiger partial charge in [0.15, 0.2) is 5.11 Å². The molecule has 1 fully saturated rings. The Bertz CT molecular complexity index is 1630. The fourth-order valence-electron chi connectivity index (χ4n) is 4.84. The number of benzene rings is 2. The Hall–Kier alpha value is -5.01. The van der Waals surface area contributed by atoms with E-state index in [-0.39, 0.29) is 18.2 Å². The number of carbonyl (C=O) groups excluding carboxylic acids is 1. The molecule has 0 aliphatic carbocycles. The third-order valence-corrected chi connectivity index (χ3v) is 7.00. The van der Waals surface area contributed by atoms with Crippen LogP contribution in [0.3, 0.4) is 0 Å². The van der Waals surface area contributed by atoms with Crippen LogP contribution in [0.4, 0.5) is 17.1 Å². The Labute approximate surface area is 246 Å². The van der Waals surface area contributed by atoms with Gasteiger partial charge in [-0.1, -0.05) is 6.07 Å². The van der Waals surface area contributed by atoms with E-state index >= 15 is 0 Å². The smallest absolute Gasteiger partial charge is 0.273 e. The maximum atomic E-state index is 12.3. The molecule has 13 heteroatoms. The molecule has 4 aromatic rings. The number of carbonyl (C=O) groups is 1. The minimum absolute atomic E-state index is 0.0954. The zero-order valence-electron chi connectivity index (χ0n) is 22.9. The molecule has 3 heterocycles. The van der Waals surface area contributed by atoms with Crippen molar-refractivity contribution in [3.8, 4) is 22.8 Å². The number of hydrogen-bond donors (Lipinski definition) is 2. The minimum Gasteiger partial charge on any atom is -0.496 e. The number of hydrogen-bond acceptors (Lipinski definition) is 9. The second-order valence-electron chi connectivity index (χ2n) is 9.21. The average molecular weight is 590 g/mol. The molecule has 5 rings (SSSR count). The second kappa shape index (κ2) is 12.2. The first-order valence-corrected chi connectivity index (χ1v) is 13.2. The van der Waals surface area contributed by atoms with E-state index in [9.17, 15) is 14.9 Å². The van der Waals surface area contributed by atoms with E-state index in [1.807, 2.05) is 35.2 Å². The summed E-state index contributed by atoms with van der Waals surface area (Å²) < 4.78 is 22.2. The number of anilines is 2. The maximum Gasteiger partial charge on any atom is 0.273 e. The standard InChI is InChI=1S/C29H27N5O7S/c1-38-16-26(35)31-21-14-17(8-10-23(21)39-2)33-28(27(32-29(33)42)20-6-4-5-13-30-20)24-12-11-22(41-24)19-9-7-18(34(36)37)15-25(19)40-3/h4-15,27-28H,16H2,1-3H3,(H,31,35)(H,32,42). The van der Waals surface area contributed by atoms with Crippen LogP contribution < -0.4 is 25.0 Å². The second-order valence-corrected chi connectivity index (χ2v) is 9.59. The quantitative estimate of drug-likeness (QED) is 0.146. The highest BCUT2D eigenvalue weighted by Crippen LogP contribution is 2.45. The lowest BCUT2D eigenvalue weighted by molar-refractivity contribution is -0.384. The Morgan fingerprint density at radius 3 is 2.60 bits per heavy atom. The van der Waals surface area contributed by atoms with E-state index in [0.717, 1.165) is 5.69 Å². The van der Waals surface area contributed by atoms with E-state index in [2.05, 4.69) is 15.6 Å². The molecule has 2 unspecified atom stereocenters. The predicted octanol–water partition coefficient (Wildman–Crippen LogP) is 5.03. The number of non-ortho nitro benzene ring substituents is 1. The molecule has 0 spiro atoms. The summed E-state index contributed by atoms with van der Waals surface area (Å²) in [6, 6.07) is 18.0. The van der Waals surface area contributed by atoms with Crippen molar-refractivity contribution in [2.45, 2.75) is 12.1 Å². The summed E-state index contributed by atoms with van der Waals surface area (Å²) in [7, 11) is 4.39. The van der Waals surface area contributed by atoms with Crippen molar-refractivity contribution >= 4 is 40.3 Å². The summed E-state index contributed by atoms with van der Waals surface area (Å²) >= 11 is 5.81. The number of thiocarbonyl (C=S) groups is 1. The molecule has 0 bridgehead atoms. The summed E-state index contributed by atoms with van der Waals surface area (Å²) in [6.45, 7) is -0.122. The molecular formula is C29H27N5O7S. The van der Waals surface area contributed by atoms with E-state index < -0.39 is 17.0 Å². The summed E-state index contributed by atoms with van der Waals surface area (Å²) in [5.74, 6) is 1.43. The largest absolute Gasteiger partial charge is 0.496 e. The van der Waals surface area contributed by atoms with Gasteiger partial charge < -0.3 is 34.2 Å². The van der Waals surface area contributed by atoms with Gasteiger partial charge in [-0.2, -0.15) is 0 Å². The molecule has 216 valence electrons. The minimum atomic E-state index is -0.499. The molecule has 2 N–H and O–H groups in total. The highest BCUT2D eigenvalue weighted by molar-refractivity contribution is 7.80. The van der Waals surface area contributed by atoms with E-state index in [1.54, 1.807) is 30.5 Å². The Balaban J connectivity index is 1.59. The van der Waals surface area contributed by atoms with Gasteiger partial charge in [-0.3, -0.25) is 19.9 Å². The highest BCUT2D eigenvalue weighted by atomic mass is 32.1. The lowest BCUT2D eigenvalue weighted by atomic mass is 10.0. The van der Waals surface area contributed by atoms with Gasteiger partial charge in [-0.05, 0) is 60.7 Å². The Kier molecular flexibility index (Phi) is 8.31. The lowest BCUT2D eigenvalue weighted by Gasteiger charge is -2.27. The van der Waals surface area contributed by atoms with Gasteiger partial charge in [-0.25, -0.2) is 0 Å². The molecule has 1 aliphatic heterocycles. The highest BCUT2D eigenvalue weighted by Gasteiger charge is 2.43. The number of methoxy groups -OCH3 is 3. The van der Waals surface area contributed by atoms with Crippen LogP contribution in [0.25, 0.3) is 11.3 Å². The number of furan rings is 1. The van der Waals surface area contributed by atoms with E-state index in [0.29, 0.717) is 45.1 Å². The number of rotatable bonds is 10. The normalized spacial score (nSPS) is 16.2. The van der Waals surface area contributed by atoms with Gasteiger partial charge in [0.1, 0.15) is 35.7 Å². The maximum absolute atomic E-state index is 12.3. The van der Waals surface area contributed by atoms with Crippen LogP contribution in [-0.2, 0) is 9.53 Å². The molecule has 1 saturated heterocycles. The topological polar surface area (TPSA) is 141 Å². The van der Waals surface area contributed by atoms with E-state index in [1.165, 1.54) is 33.5 Å². The molecule has 2 aromatic carbocycles. The van der Waals surface area contributed by atoms with Crippen LogP contribution in [-0.4, -0.2) is 48.9 Å². The van der Waals surface area contributed by atoms with Gasteiger partial charge in [0.25, 0.3) is 5.69 Å². The molecule has 1 aliphatic rings. The predicted molar refractivity (Wildman–Crippen MR) is 159 cm³/mol. The van der Waals surface area contributed by atoms with Crippen molar-refractivity contribution in [2.24, 2.45) is 0 Å². The number of nitrogens with zero attached hydrogens (tertiary/aromatic N) is 3. The first-order valence-electron chi connectivity index (χ1n) is 12.7.